The van der Waals surface area contributed by atoms with Gasteiger partial charge in [0.25, 0.3) is 0 Å². The molecule has 2 unspecified atom stereocenters. The molecule has 0 saturated heterocycles. The lowest BCUT2D eigenvalue weighted by Crippen LogP contribution is -2.35. The molecule has 2 aromatic rings. The monoisotopic (exact) mass is 356 g/mol. The summed E-state index contributed by atoms with van der Waals surface area (Å²) in [6, 6.07) is 14.6. The molecule has 0 aliphatic heterocycles. The number of nitrogens with one attached hydrogen (secondary N) is 1. The largest absolute Gasteiger partial charge is 0.399 e. The normalized spacial score (nSPS) is 21.4. The molecule has 132 valence electrons. The molecule has 0 saturated carbocycles. The number of hydrogen-bond donors (Lipinski definition) is 2. The van der Waals surface area contributed by atoms with E-state index in [0.29, 0.717) is 0 Å². The summed E-state index contributed by atoms with van der Waals surface area (Å²) >= 11 is 0. The highest BCUT2D eigenvalue weighted by atomic mass is 35.5. The lowest BCUT2D eigenvalue weighted by Gasteiger charge is -2.30. The van der Waals surface area contributed by atoms with E-state index in [0.717, 1.165) is 44.2 Å². The molecule has 4 rings (SSSR count). The molecule has 2 aromatic carbocycles. The van der Waals surface area contributed by atoms with Gasteiger partial charge in [-0.25, -0.2) is 0 Å². The summed E-state index contributed by atoms with van der Waals surface area (Å²) in [6.45, 7) is 0. The van der Waals surface area contributed by atoms with Gasteiger partial charge in [0.2, 0.25) is 5.91 Å². The Bertz CT molecular complexity index is 774. The lowest BCUT2D eigenvalue weighted by molar-refractivity contribution is -0.123. The van der Waals surface area contributed by atoms with Crippen molar-refractivity contribution in [3.8, 4) is 0 Å². The summed E-state index contributed by atoms with van der Waals surface area (Å²) in [6.07, 6.45) is 6.29. The van der Waals surface area contributed by atoms with Crippen molar-refractivity contribution in [2.24, 2.45) is 0 Å². The molecule has 0 spiro atoms. The van der Waals surface area contributed by atoms with Gasteiger partial charge in [-0.05, 0) is 72.9 Å². The Balaban J connectivity index is 0.00000182. The van der Waals surface area contributed by atoms with E-state index in [4.69, 9.17) is 5.73 Å². The molecule has 25 heavy (non-hydrogen) atoms. The van der Waals surface area contributed by atoms with Gasteiger partial charge in [-0.2, -0.15) is 0 Å². The summed E-state index contributed by atoms with van der Waals surface area (Å²) in [7, 11) is 0. The number of rotatable bonds is 2. The third kappa shape index (κ3) is 3.52. The van der Waals surface area contributed by atoms with Crippen molar-refractivity contribution in [2.45, 2.75) is 50.5 Å². The number of halogens is 1. The van der Waals surface area contributed by atoms with Gasteiger partial charge in [0.1, 0.15) is 0 Å². The van der Waals surface area contributed by atoms with Crippen LogP contribution in [0.25, 0.3) is 0 Å². The number of anilines is 1. The van der Waals surface area contributed by atoms with Gasteiger partial charge in [0.05, 0.1) is 12.0 Å². The number of aryl methyl sites for hydroxylation is 2. The second-order valence-electron chi connectivity index (χ2n) is 7.06. The van der Waals surface area contributed by atoms with Crippen LogP contribution in [0.3, 0.4) is 0 Å². The van der Waals surface area contributed by atoms with Crippen LogP contribution in [0.15, 0.2) is 42.5 Å². The van der Waals surface area contributed by atoms with E-state index in [2.05, 4.69) is 35.6 Å². The highest BCUT2D eigenvalue weighted by Gasteiger charge is 2.29. The van der Waals surface area contributed by atoms with E-state index >= 15 is 0 Å². The Morgan fingerprint density at radius 2 is 1.72 bits per heavy atom. The van der Waals surface area contributed by atoms with E-state index in [1.807, 2.05) is 12.1 Å². The molecule has 0 aromatic heterocycles. The zero-order valence-corrected chi connectivity index (χ0v) is 15.1. The van der Waals surface area contributed by atoms with Gasteiger partial charge in [0.15, 0.2) is 0 Å². The maximum absolute atomic E-state index is 13.0. The van der Waals surface area contributed by atoms with Crippen molar-refractivity contribution in [3.63, 3.8) is 0 Å². The summed E-state index contributed by atoms with van der Waals surface area (Å²) in [5, 5.41) is 3.33. The molecule has 3 N–H and O–H groups in total. The summed E-state index contributed by atoms with van der Waals surface area (Å²) < 4.78 is 0. The van der Waals surface area contributed by atoms with Crippen LogP contribution in [0.1, 0.15) is 59.9 Å². The number of nitrogen functional groups attached to an aromatic ring is 1. The van der Waals surface area contributed by atoms with Crippen LogP contribution in [-0.2, 0) is 17.6 Å². The fourth-order valence-electron chi connectivity index (χ4n) is 4.28. The number of fused-ring (bicyclic) bond motifs is 2. The maximum Gasteiger partial charge on any atom is 0.228 e. The van der Waals surface area contributed by atoms with Crippen molar-refractivity contribution < 1.29 is 4.79 Å². The minimum Gasteiger partial charge on any atom is -0.399 e. The highest BCUT2D eigenvalue weighted by Crippen LogP contribution is 2.35. The molecular weight excluding hydrogens is 332 g/mol. The molecule has 0 heterocycles. The fraction of sp³-hybridized carbons (Fsp3) is 0.381. The SMILES string of the molecule is Cl.Nc1ccc2c(c1)CCCC2NC(=O)C1CCCc2ccccc21. The van der Waals surface area contributed by atoms with E-state index in [-0.39, 0.29) is 30.3 Å². The predicted octanol–water partition coefficient (Wildman–Crippen LogP) is 4.30. The van der Waals surface area contributed by atoms with Crippen LogP contribution < -0.4 is 11.1 Å². The van der Waals surface area contributed by atoms with Gasteiger partial charge < -0.3 is 11.1 Å². The summed E-state index contributed by atoms with van der Waals surface area (Å²) in [5.74, 6) is 0.172. The van der Waals surface area contributed by atoms with Crippen molar-refractivity contribution >= 4 is 24.0 Å². The van der Waals surface area contributed by atoms with Gasteiger partial charge in [-0.1, -0.05) is 30.3 Å². The number of amides is 1. The van der Waals surface area contributed by atoms with Crippen molar-refractivity contribution in [2.75, 3.05) is 5.73 Å². The van der Waals surface area contributed by atoms with Crippen molar-refractivity contribution in [1.82, 2.24) is 5.32 Å². The third-order valence-corrected chi connectivity index (χ3v) is 5.48. The zero-order valence-electron chi connectivity index (χ0n) is 14.3. The van der Waals surface area contributed by atoms with Gasteiger partial charge >= 0.3 is 0 Å². The summed E-state index contributed by atoms with van der Waals surface area (Å²) in [4.78, 5) is 13.0. The first-order valence-corrected chi connectivity index (χ1v) is 8.99. The Kier molecular flexibility index (Phi) is 5.33. The van der Waals surface area contributed by atoms with Crippen molar-refractivity contribution in [1.29, 1.82) is 0 Å². The average molecular weight is 357 g/mol. The maximum atomic E-state index is 13.0. The average Bonchev–Trinajstić information content (AvgIpc) is 2.61. The first-order chi connectivity index (χ1) is 11.7. The molecule has 0 bridgehead atoms. The molecule has 4 heteroatoms. The van der Waals surface area contributed by atoms with E-state index in [1.165, 1.54) is 22.3 Å². The summed E-state index contributed by atoms with van der Waals surface area (Å²) in [5.41, 5.74) is 11.8. The smallest absolute Gasteiger partial charge is 0.228 e. The van der Waals surface area contributed by atoms with Crippen LogP contribution in [0, 0.1) is 0 Å². The van der Waals surface area contributed by atoms with Crippen LogP contribution in [0.4, 0.5) is 5.69 Å². The van der Waals surface area contributed by atoms with E-state index in [1.54, 1.807) is 0 Å². The molecule has 2 aliphatic carbocycles. The van der Waals surface area contributed by atoms with Crippen LogP contribution in [0.2, 0.25) is 0 Å². The fourth-order valence-corrected chi connectivity index (χ4v) is 4.28. The second-order valence-corrected chi connectivity index (χ2v) is 7.06. The Labute approximate surface area is 155 Å². The first kappa shape index (κ1) is 17.8. The van der Waals surface area contributed by atoms with Gasteiger partial charge in [0, 0.05) is 5.69 Å². The van der Waals surface area contributed by atoms with Crippen LogP contribution in [-0.4, -0.2) is 5.91 Å². The molecular formula is C21H25ClN2O. The van der Waals surface area contributed by atoms with E-state index < -0.39 is 0 Å². The number of carbonyl (C=O) groups excluding carboxylic acids is 1. The van der Waals surface area contributed by atoms with Crippen molar-refractivity contribution in [3.05, 3.63) is 64.7 Å². The number of carbonyl (C=O) groups is 1. The van der Waals surface area contributed by atoms with Gasteiger partial charge in [-0.15, -0.1) is 12.4 Å². The quantitative estimate of drug-likeness (QED) is 0.788. The molecule has 2 atom stereocenters. The van der Waals surface area contributed by atoms with Crippen LogP contribution >= 0.6 is 12.4 Å². The predicted molar refractivity (Wildman–Crippen MR) is 104 cm³/mol. The van der Waals surface area contributed by atoms with Gasteiger partial charge in [-0.3, -0.25) is 4.79 Å². The molecule has 3 nitrogen and oxygen atoms in total. The Hall–Kier alpha value is -2.00. The van der Waals surface area contributed by atoms with Crippen LogP contribution in [0.5, 0.6) is 0 Å². The zero-order chi connectivity index (χ0) is 16.5. The lowest BCUT2D eigenvalue weighted by atomic mass is 9.81. The molecule has 2 aliphatic rings. The second kappa shape index (κ2) is 7.49. The molecule has 0 fully saturated rings. The number of nitrogens with two attached hydrogens (primary N) is 1. The highest BCUT2D eigenvalue weighted by molar-refractivity contribution is 5.85. The molecule has 0 radical (unpaired) electrons. The minimum atomic E-state index is -0.00546. The molecule has 1 amide bonds. The minimum absolute atomic E-state index is 0. The number of benzene rings is 2. The Morgan fingerprint density at radius 1 is 0.960 bits per heavy atom. The number of hydrogen-bond acceptors (Lipinski definition) is 2. The van der Waals surface area contributed by atoms with E-state index in [9.17, 15) is 4.79 Å². The first-order valence-electron chi connectivity index (χ1n) is 8.99. The Morgan fingerprint density at radius 3 is 2.60 bits per heavy atom. The standard InChI is InChI=1S/C21H24N2O.ClH/c22-16-11-12-18-15(13-16)7-4-10-20(18)23-21(24)19-9-3-6-14-5-1-2-8-17(14)19;/h1-2,5,8,11-13,19-20H,3-4,6-7,9-10,22H2,(H,23,24);1H. The topological polar surface area (TPSA) is 55.1 Å². The third-order valence-electron chi connectivity index (χ3n) is 5.48.